The molecule has 0 aliphatic rings. The lowest BCUT2D eigenvalue weighted by Crippen LogP contribution is -1.80. The van der Waals surface area contributed by atoms with Crippen LogP contribution in [0.3, 0.4) is 0 Å². The largest absolute Gasteiger partial charge is 0.264 e. The Bertz CT molecular complexity index is 563. The van der Waals surface area contributed by atoms with Crippen LogP contribution in [0.4, 0.5) is 0 Å². The normalized spacial score (nSPS) is 10.5. The number of rotatable bonds is 3. The van der Waals surface area contributed by atoms with Gasteiger partial charge in [0.1, 0.15) is 0 Å². The first kappa shape index (κ1) is 10.2. The van der Waals surface area contributed by atoms with Crippen molar-refractivity contribution in [2.75, 3.05) is 6.54 Å². The summed E-state index contributed by atoms with van der Waals surface area (Å²) in [6, 6.07) is 8.02. The zero-order valence-corrected chi connectivity index (χ0v) is 8.61. The highest BCUT2D eigenvalue weighted by Crippen LogP contribution is 2.18. The summed E-state index contributed by atoms with van der Waals surface area (Å²) < 4.78 is 0. The van der Waals surface area contributed by atoms with Crippen molar-refractivity contribution in [1.29, 1.82) is 0 Å². The second-order valence-corrected chi connectivity index (χ2v) is 3.26. The van der Waals surface area contributed by atoms with Crippen LogP contribution in [0.15, 0.2) is 47.8 Å². The predicted octanol–water partition coefficient (Wildman–Crippen LogP) is 3.56. The topological polar surface area (TPSA) is 61.7 Å². The predicted molar refractivity (Wildman–Crippen MR) is 64.8 cm³/mol. The van der Waals surface area contributed by atoms with Gasteiger partial charge in [0, 0.05) is 29.2 Å². The summed E-state index contributed by atoms with van der Waals surface area (Å²) in [7, 11) is 0. The van der Waals surface area contributed by atoms with Crippen molar-refractivity contribution >= 4 is 16.8 Å². The first-order chi connectivity index (χ1) is 7.92. The Morgan fingerprint density at radius 1 is 1.38 bits per heavy atom. The molecule has 0 unspecified atom stereocenters. The van der Waals surface area contributed by atoms with E-state index in [0.717, 1.165) is 16.3 Å². The van der Waals surface area contributed by atoms with E-state index in [-0.39, 0.29) is 0 Å². The van der Waals surface area contributed by atoms with Gasteiger partial charge in [0.05, 0.1) is 0 Å². The number of fused-ring (bicyclic) bond motifs is 1. The van der Waals surface area contributed by atoms with Crippen LogP contribution in [0.2, 0.25) is 0 Å². The molecular formula is C12H10N4. The van der Waals surface area contributed by atoms with Crippen molar-refractivity contribution in [2.24, 2.45) is 5.11 Å². The van der Waals surface area contributed by atoms with Gasteiger partial charge in [-0.2, -0.15) is 0 Å². The Labute approximate surface area is 92.9 Å². The van der Waals surface area contributed by atoms with E-state index in [1.54, 1.807) is 6.20 Å². The lowest BCUT2D eigenvalue weighted by molar-refractivity contribution is 1.22. The van der Waals surface area contributed by atoms with Gasteiger partial charge in [0.2, 0.25) is 0 Å². The van der Waals surface area contributed by atoms with Crippen LogP contribution in [-0.4, -0.2) is 11.5 Å². The minimum absolute atomic E-state index is 0.368. The molecule has 4 nitrogen and oxygen atoms in total. The van der Waals surface area contributed by atoms with Gasteiger partial charge in [-0.3, -0.25) is 4.98 Å². The highest BCUT2D eigenvalue weighted by atomic mass is 15.1. The average Bonchev–Trinajstić information content (AvgIpc) is 2.35. The Morgan fingerprint density at radius 2 is 2.31 bits per heavy atom. The molecule has 16 heavy (non-hydrogen) atoms. The van der Waals surface area contributed by atoms with Crippen LogP contribution in [0.5, 0.6) is 0 Å². The van der Waals surface area contributed by atoms with Gasteiger partial charge in [0.15, 0.2) is 0 Å². The van der Waals surface area contributed by atoms with E-state index >= 15 is 0 Å². The molecule has 1 aromatic carbocycles. The molecule has 0 saturated heterocycles. The van der Waals surface area contributed by atoms with Gasteiger partial charge in [-0.1, -0.05) is 35.5 Å². The lowest BCUT2D eigenvalue weighted by Gasteiger charge is -2.00. The Hall–Kier alpha value is -2.32. The van der Waals surface area contributed by atoms with E-state index in [1.165, 1.54) is 0 Å². The zero-order valence-electron chi connectivity index (χ0n) is 8.61. The van der Waals surface area contributed by atoms with E-state index < -0.39 is 0 Å². The van der Waals surface area contributed by atoms with Crippen molar-refractivity contribution in [3.63, 3.8) is 0 Å². The third-order valence-electron chi connectivity index (χ3n) is 2.27. The number of pyridine rings is 1. The fraction of sp³-hybridized carbons (Fsp3) is 0.0833. The number of hydrogen-bond acceptors (Lipinski definition) is 2. The molecule has 0 aliphatic carbocycles. The minimum Gasteiger partial charge on any atom is -0.264 e. The highest BCUT2D eigenvalue weighted by molar-refractivity contribution is 5.89. The summed E-state index contributed by atoms with van der Waals surface area (Å²) in [5.41, 5.74) is 9.23. The molecule has 0 atom stereocenters. The van der Waals surface area contributed by atoms with Crippen molar-refractivity contribution in [3.05, 3.63) is 58.7 Å². The number of aromatic nitrogens is 1. The van der Waals surface area contributed by atoms with E-state index in [9.17, 15) is 0 Å². The van der Waals surface area contributed by atoms with Crippen LogP contribution >= 0.6 is 0 Å². The van der Waals surface area contributed by atoms with E-state index in [4.69, 9.17) is 5.53 Å². The monoisotopic (exact) mass is 210 g/mol. The first-order valence-electron chi connectivity index (χ1n) is 4.92. The van der Waals surface area contributed by atoms with Crippen molar-refractivity contribution < 1.29 is 0 Å². The van der Waals surface area contributed by atoms with Crippen molar-refractivity contribution in [2.45, 2.75) is 0 Å². The Balaban J connectivity index is 2.37. The second kappa shape index (κ2) is 4.96. The summed E-state index contributed by atoms with van der Waals surface area (Å²) in [6.45, 7) is 0.368. The van der Waals surface area contributed by atoms with Crippen molar-refractivity contribution in [3.8, 4) is 0 Å². The molecule has 0 N–H and O–H groups in total. The zero-order chi connectivity index (χ0) is 11.2. The molecule has 78 valence electrons. The maximum Gasteiger partial charge on any atom is 0.0443 e. The lowest BCUT2D eigenvalue weighted by atomic mass is 10.1. The third kappa shape index (κ3) is 2.19. The summed E-state index contributed by atoms with van der Waals surface area (Å²) >= 11 is 0. The maximum atomic E-state index is 8.15. The first-order valence-corrected chi connectivity index (χ1v) is 4.92. The maximum absolute atomic E-state index is 8.15. The van der Waals surface area contributed by atoms with Gasteiger partial charge in [0.25, 0.3) is 0 Å². The van der Waals surface area contributed by atoms with Gasteiger partial charge in [-0.05, 0) is 22.5 Å². The second-order valence-electron chi connectivity index (χ2n) is 3.26. The van der Waals surface area contributed by atoms with Gasteiger partial charge >= 0.3 is 0 Å². The van der Waals surface area contributed by atoms with E-state index in [2.05, 4.69) is 15.0 Å². The molecule has 0 saturated carbocycles. The van der Waals surface area contributed by atoms with Crippen LogP contribution < -0.4 is 0 Å². The van der Waals surface area contributed by atoms with Crippen LogP contribution in [0, 0.1) is 0 Å². The number of azide groups is 1. The number of nitrogens with zero attached hydrogens (tertiary/aromatic N) is 4. The molecule has 0 bridgehead atoms. The molecule has 2 rings (SSSR count). The fourth-order valence-corrected chi connectivity index (χ4v) is 1.55. The molecule has 1 heterocycles. The Kier molecular flexibility index (Phi) is 3.16. The molecular weight excluding hydrogens is 200 g/mol. The molecule has 0 amide bonds. The fourth-order valence-electron chi connectivity index (χ4n) is 1.55. The summed E-state index contributed by atoms with van der Waals surface area (Å²) in [5, 5.41) is 5.70. The SMILES string of the molecule is [N-]=[N+]=NCC=Cc1cccc2ccncc12. The summed E-state index contributed by atoms with van der Waals surface area (Å²) in [4.78, 5) is 6.79. The Morgan fingerprint density at radius 3 is 3.19 bits per heavy atom. The third-order valence-corrected chi connectivity index (χ3v) is 2.27. The number of benzene rings is 1. The molecule has 0 fully saturated rings. The smallest absolute Gasteiger partial charge is 0.0443 e. The summed E-state index contributed by atoms with van der Waals surface area (Å²) in [6.07, 6.45) is 7.39. The summed E-state index contributed by atoms with van der Waals surface area (Å²) in [5.74, 6) is 0. The molecule has 4 heteroatoms. The quantitative estimate of drug-likeness (QED) is 0.434. The van der Waals surface area contributed by atoms with Crippen molar-refractivity contribution in [1.82, 2.24) is 4.98 Å². The molecule has 0 radical (unpaired) electrons. The van der Waals surface area contributed by atoms with Crippen LogP contribution in [-0.2, 0) is 0 Å². The van der Waals surface area contributed by atoms with E-state index in [1.807, 2.05) is 42.6 Å². The van der Waals surface area contributed by atoms with Gasteiger partial charge in [-0.15, -0.1) is 0 Å². The highest BCUT2D eigenvalue weighted by Gasteiger charge is 1.95. The van der Waals surface area contributed by atoms with Crippen LogP contribution in [0.1, 0.15) is 5.56 Å². The van der Waals surface area contributed by atoms with Gasteiger partial charge < -0.3 is 0 Å². The minimum atomic E-state index is 0.368. The number of hydrogen-bond donors (Lipinski definition) is 0. The van der Waals surface area contributed by atoms with E-state index in [0.29, 0.717) is 6.54 Å². The molecule has 1 aromatic heterocycles. The standard InChI is InChI=1S/C12H10N4/c13-16-15-7-2-5-10-3-1-4-11-6-8-14-9-12(10)11/h1-6,8-9H,7H2. The molecule has 2 aromatic rings. The van der Waals surface area contributed by atoms with Crippen LogP contribution in [0.25, 0.3) is 27.3 Å². The molecule has 0 aliphatic heterocycles. The average molecular weight is 210 g/mol. The molecule has 0 spiro atoms. The van der Waals surface area contributed by atoms with Gasteiger partial charge in [-0.25, -0.2) is 0 Å².